The summed E-state index contributed by atoms with van der Waals surface area (Å²) in [6.07, 6.45) is 0.183. The van der Waals surface area contributed by atoms with Gasteiger partial charge in [0.05, 0.1) is 18.3 Å². The molecule has 1 fully saturated rings. The topological polar surface area (TPSA) is 29.5 Å². The minimum atomic E-state index is -0.462. The van der Waals surface area contributed by atoms with Crippen LogP contribution in [0.1, 0.15) is 39.7 Å². The van der Waals surface area contributed by atoms with Gasteiger partial charge in [0.25, 0.3) is 0 Å². The highest BCUT2D eigenvalue weighted by atomic mass is 16.5. The van der Waals surface area contributed by atoms with E-state index in [2.05, 4.69) is 31.7 Å². The highest BCUT2D eigenvalue weighted by molar-refractivity contribution is 5.67. The number of hydrogen-bond donors (Lipinski definition) is 1. The Morgan fingerprint density at radius 1 is 1.30 bits per heavy atom. The Kier molecular flexibility index (Phi) is 4.49. The second-order valence-corrected chi connectivity index (χ2v) is 6.14. The summed E-state index contributed by atoms with van der Waals surface area (Å²) in [5.74, 6) is 0.342. The standard InChI is InChI=1S/C18H24O2/c1-13(2)15(14-8-6-5-7-9-14)12-16-17(19)10-11-20-18(16,3)4/h5-9,13,17,19H,10-11H2,1-4H3/t12?,17-/m0/s1. The van der Waals surface area contributed by atoms with Crippen molar-refractivity contribution in [2.45, 2.75) is 45.8 Å². The quantitative estimate of drug-likeness (QED) is 0.830. The lowest BCUT2D eigenvalue weighted by molar-refractivity contribution is -0.0484. The van der Waals surface area contributed by atoms with E-state index in [4.69, 9.17) is 4.74 Å². The third kappa shape index (κ3) is 3.21. The summed E-state index contributed by atoms with van der Waals surface area (Å²) in [6, 6.07) is 10.3. The molecule has 1 aliphatic heterocycles. The fraction of sp³-hybridized carbons (Fsp3) is 0.500. The molecule has 1 N–H and O–H groups in total. The van der Waals surface area contributed by atoms with Gasteiger partial charge in [-0.25, -0.2) is 0 Å². The number of aliphatic hydroxyl groups is 1. The normalized spacial score (nSPS) is 21.7. The molecular formula is C18H24O2. The second-order valence-electron chi connectivity index (χ2n) is 6.14. The monoisotopic (exact) mass is 272 g/mol. The highest BCUT2D eigenvalue weighted by Crippen LogP contribution is 2.32. The summed E-state index contributed by atoms with van der Waals surface area (Å²) in [7, 11) is 0. The van der Waals surface area contributed by atoms with Crippen molar-refractivity contribution in [2.75, 3.05) is 6.61 Å². The maximum Gasteiger partial charge on any atom is 0.0934 e. The molecule has 2 heteroatoms. The molecule has 1 saturated heterocycles. The van der Waals surface area contributed by atoms with Gasteiger partial charge >= 0.3 is 0 Å². The Labute approximate surface area is 121 Å². The van der Waals surface area contributed by atoms with Crippen molar-refractivity contribution >= 4 is 5.57 Å². The lowest BCUT2D eigenvalue weighted by atomic mass is 9.86. The zero-order valence-corrected chi connectivity index (χ0v) is 12.8. The maximum atomic E-state index is 10.3. The van der Waals surface area contributed by atoms with Crippen molar-refractivity contribution in [3.05, 3.63) is 47.2 Å². The van der Waals surface area contributed by atoms with Gasteiger partial charge in [0, 0.05) is 17.6 Å². The zero-order valence-electron chi connectivity index (χ0n) is 12.8. The third-order valence-electron chi connectivity index (χ3n) is 3.77. The van der Waals surface area contributed by atoms with E-state index in [1.54, 1.807) is 0 Å². The molecular weight excluding hydrogens is 248 g/mol. The Morgan fingerprint density at radius 2 is 1.95 bits per heavy atom. The minimum Gasteiger partial charge on any atom is -0.388 e. The van der Waals surface area contributed by atoms with Gasteiger partial charge in [0.2, 0.25) is 0 Å². The minimum absolute atomic E-state index is 0.342. The fourth-order valence-electron chi connectivity index (χ4n) is 2.60. The first kappa shape index (κ1) is 15.1. The lowest BCUT2D eigenvalue weighted by Crippen LogP contribution is -2.39. The summed E-state index contributed by atoms with van der Waals surface area (Å²) >= 11 is 0. The van der Waals surface area contributed by atoms with Crippen molar-refractivity contribution in [3.63, 3.8) is 0 Å². The molecule has 0 aromatic heterocycles. The molecule has 2 rings (SSSR count). The van der Waals surface area contributed by atoms with Gasteiger partial charge in [0.15, 0.2) is 0 Å². The van der Waals surface area contributed by atoms with Crippen molar-refractivity contribution < 1.29 is 9.84 Å². The zero-order chi connectivity index (χ0) is 14.8. The molecule has 0 amide bonds. The maximum absolute atomic E-state index is 10.3. The molecule has 1 aliphatic rings. The number of hydrogen-bond acceptors (Lipinski definition) is 2. The van der Waals surface area contributed by atoms with E-state index in [1.165, 1.54) is 0 Å². The van der Waals surface area contributed by atoms with Crippen molar-refractivity contribution in [3.8, 4) is 0 Å². The van der Waals surface area contributed by atoms with Crippen LogP contribution in [-0.2, 0) is 4.74 Å². The van der Waals surface area contributed by atoms with E-state index < -0.39 is 11.7 Å². The first-order valence-electron chi connectivity index (χ1n) is 7.30. The van der Waals surface area contributed by atoms with Crippen LogP contribution >= 0.6 is 0 Å². The number of ether oxygens (including phenoxy) is 1. The number of rotatable bonds is 2. The Hall–Kier alpha value is -1.34. The van der Waals surface area contributed by atoms with E-state index in [9.17, 15) is 5.11 Å². The van der Waals surface area contributed by atoms with Crippen LogP contribution in [0.5, 0.6) is 0 Å². The molecule has 0 bridgehead atoms. The SMILES string of the molecule is CC(C)C(=C=C1[C@@H](O)CCOC1(C)C)c1ccccc1. The Balaban J connectivity index is 2.59. The molecule has 1 heterocycles. The molecule has 108 valence electrons. The van der Waals surface area contributed by atoms with E-state index >= 15 is 0 Å². The third-order valence-corrected chi connectivity index (χ3v) is 3.77. The predicted octanol–water partition coefficient (Wildman–Crippen LogP) is 3.81. The average molecular weight is 272 g/mol. The summed E-state index contributed by atoms with van der Waals surface area (Å²) in [5.41, 5.74) is 6.16. The van der Waals surface area contributed by atoms with Crippen molar-refractivity contribution in [2.24, 2.45) is 5.92 Å². The van der Waals surface area contributed by atoms with Gasteiger partial charge in [-0.05, 0) is 25.3 Å². The van der Waals surface area contributed by atoms with Gasteiger partial charge in [-0.1, -0.05) is 44.2 Å². The van der Waals surface area contributed by atoms with Gasteiger partial charge in [-0.15, -0.1) is 5.73 Å². The summed E-state index contributed by atoms with van der Waals surface area (Å²) in [6.45, 7) is 8.90. The fourth-order valence-corrected chi connectivity index (χ4v) is 2.60. The molecule has 0 saturated carbocycles. The van der Waals surface area contributed by atoms with Crippen LogP contribution in [0.4, 0.5) is 0 Å². The van der Waals surface area contributed by atoms with Crippen LogP contribution in [0.3, 0.4) is 0 Å². The lowest BCUT2D eigenvalue weighted by Gasteiger charge is -2.35. The first-order chi connectivity index (χ1) is 9.42. The van der Waals surface area contributed by atoms with Crippen LogP contribution in [0.2, 0.25) is 0 Å². The van der Waals surface area contributed by atoms with Gasteiger partial charge < -0.3 is 9.84 Å². The smallest absolute Gasteiger partial charge is 0.0934 e. The van der Waals surface area contributed by atoms with E-state index in [-0.39, 0.29) is 0 Å². The van der Waals surface area contributed by atoms with Crippen molar-refractivity contribution in [1.82, 2.24) is 0 Å². The Bertz CT molecular complexity index is 520. The number of benzene rings is 1. The van der Waals surface area contributed by atoms with Crippen molar-refractivity contribution in [1.29, 1.82) is 0 Å². The van der Waals surface area contributed by atoms with Gasteiger partial charge in [-0.3, -0.25) is 0 Å². The van der Waals surface area contributed by atoms with Crippen LogP contribution in [0, 0.1) is 5.92 Å². The molecule has 0 radical (unpaired) electrons. The van der Waals surface area contributed by atoms with Crippen LogP contribution in [0.15, 0.2) is 41.6 Å². The average Bonchev–Trinajstić information content (AvgIpc) is 2.38. The molecule has 20 heavy (non-hydrogen) atoms. The predicted molar refractivity (Wildman–Crippen MR) is 82.4 cm³/mol. The largest absolute Gasteiger partial charge is 0.388 e. The van der Waals surface area contributed by atoms with Gasteiger partial charge in [0.1, 0.15) is 0 Å². The van der Waals surface area contributed by atoms with Crippen LogP contribution < -0.4 is 0 Å². The van der Waals surface area contributed by atoms with E-state index in [0.717, 1.165) is 16.7 Å². The molecule has 0 spiro atoms. The van der Waals surface area contributed by atoms with E-state index in [0.29, 0.717) is 18.9 Å². The van der Waals surface area contributed by atoms with Gasteiger partial charge in [-0.2, -0.15) is 0 Å². The summed E-state index contributed by atoms with van der Waals surface area (Å²) in [5, 5.41) is 10.3. The second kappa shape index (κ2) is 5.97. The van der Waals surface area contributed by atoms with E-state index in [1.807, 2.05) is 32.0 Å². The highest BCUT2D eigenvalue weighted by Gasteiger charge is 2.33. The molecule has 2 nitrogen and oxygen atoms in total. The summed E-state index contributed by atoms with van der Waals surface area (Å²) in [4.78, 5) is 0. The van der Waals surface area contributed by atoms with Crippen LogP contribution in [-0.4, -0.2) is 23.4 Å². The Morgan fingerprint density at radius 3 is 2.50 bits per heavy atom. The summed E-state index contributed by atoms with van der Waals surface area (Å²) < 4.78 is 5.79. The molecule has 0 unspecified atom stereocenters. The first-order valence-corrected chi connectivity index (χ1v) is 7.30. The molecule has 1 aromatic rings. The van der Waals surface area contributed by atoms with Crippen LogP contribution in [0.25, 0.3) is 5.57 Å². The molecule has 1 atom stereocenters. The number of aliphatic hydroxyl groups excluding tert-OH is 1. The molecule has 0 aliphatic carbocycles. The molecule has 1 aromatic carbocycles.